The first-order valence-electron chi connectivity index (χ1n) is 5.76. The Balaban J connectivity index is 2.13. The predicted molar refractivity (Wildman–Crippen MR) is 59.9 cm³/mol. The molecule has 88 valence electrons. The van der Waals surface area contributed by atoms with Gasteiger partial charge in [0, 0.05) is 19.1 Å². The average molecular weight is 232 g/mol. The highest BCUT2D eigenvalue weighted by Crippen LogP contribution is 2.35. The molecule has 0 aromatic heterocycles. The Labute approximate surface area is 91.9 Å². The third-order valence-corrected chi connectivity index (χ3v) is 5.92. The first-order chi connectivity index (χ1) is 7.05. The number of rotatable bonds is 3. The van der Waals surface area contributed by atoms with Crippen molar-refractivity contribution in [3.63, 3.8) is 0 Å². The van der Waals surface area contributed by atoms with E-state index in [1.54, 1.807) is 4.31 Å². The van der Waals surface area contributed by atoms with Gasteiger partial charge in [-0.25, -0.2) is 8.42 Å². The molecule has 2 rings (SSSR count). The van der Waals surface area contributed by atoms with E-state index >= 15 is 0 Å². The van der Waals surface area contributed by atoms with Gasteiger partial charge in [-0.05, 0) is 31.6 Å². The van der Waals surface area contributed by atoms with Gasteiger partial charge < -0.3 is 5.73 Å². The number of sulfonamides is 1. The molecular formula is C10H20N2O2S. The molecule has 2 N–H and O–H groups in total. The normalized spacial score (nSPS) is 34.3. The Morgan fingerprint density at radius 1 is 1.33 bits per heavy atom. The predicted octanol–water partition coefficient (Wildman–Crippen LogP) is 0.538. The van der Waals surface area contributed by atoms with Crippen molar-refractivity contribution in [2.24, 2.45) is 11.7 Å². The van der Waals surface area contributed by atoms with E-state index in [0.29, 0.717) is 19.0 Å². The second kappa shape index (κ2) is 4.03. The number of hydrogen-bond acceptors (Lipinski definition) is 3. The van der Waals surface area contributed by atoms with Crippen LogP contribution in [0.25, 0.3) is 0 Å². The molecule has 2 unspecified atom stereocenters. The maximum Gasteiger partial charge on any atom is 0.217 e. The Morgan fingerprint density at radius 2 is 2.00 bits per heavy atom. The molecule has 2 fully saturated rings. The molecule has 0 aromatic carbocycles. The van der Waals surface area contributed by atoms with E-state index in [4.69, 9.17) is 5.73 Å². The third kappa shape index (κ3) is 2.19. The summed E-state index contributed by atoms with van der Waals surface area (Å²) in [6, 6.07) is 0.0411. The van der Waals surface area contributed by atoms with Gasteiger partial charge in [-0.15, -0.1) is 0 Å². The zero-order valence-corrected chi connectivity index (χ0v) is 10.0. The van der Waals surface area contributed by atoms with Gasteiger partial charge in [-0.1, -0.05) is 6.92 Å². The van der Waals surface area contributed by atoms with Crippen molar-refractivity contribution >= 4 is 10.0 Å². The van der Waals surface area contributed by atoms with Crippen LogP contribution in [-0.4, -0.2) is 37.1 Å². The van der Waals surface area contributed by atoms with Gasteiger partial charge in [0.15, 0.2) is 0 Å². The quantitative estimate of drug-likeness (QED) is 0.772. The van der Waals surface area contributed by atoms with E-state index in [-0.39, 0.29) is 11.3 Å². The first kappa shape index (κ1) is 11.4. The summed E-state index contributed by atoms with van der Waals surface area (Å²) in [6.07, 6.45) is 3.57. The van der Waals surface area contributed by atoms with Gasteiger partial charge in [-0.2, -0.15) is 4.31 Å². The Kier molecular flexibility index (Phi) is 3.05. The zero-order valence-electron chi connectivity index (χ0n) is 9.22. The average Bonchev–Trinajstić information content (AvgIpc) is 3.00. The van der Waals surface area contributed by atoms with Crippen molar-refractivity contribution in [1.82, 2.24) is 4.31 Å². The lowest BCUT2D eigenvalue weighted by Gasteiger charge is -2.36. The molecule has 0 spiro atoms. The Hall–Kier alpha value is -0.130. The summed E-state index contributed by atoms with van der Waals surface area (Å²) in [6.45, 7) is 3.29. The second-order valence-corrected chi connectivity index (χ2v) is 7.04. The molecule has 0 aromatic rings. The van der Waals surface area contributed by atoms with E-state index in [2.05, 4.69) is 6.92 Å². The highest BCUT2D eigenvalue weighted by atomic mass is 32.2. The van der Waals surface area contributed by atoms with E-state index in [0.717, 1.165) is 25.7 Å². The zero-order chi connectivity index (χ0) is 11.1. The number of hydrogen-bond donors (Lipinski definition) is 1. The summed E-state index contributed by atoms with van der Waals surface area (Å²) in [5, 5.41) is -0.0973. The van der Waals surface area contributed by atoms with Crippen LogP contribution in [0.5, 0.6) is 0 Å². The molecule has 0 bridgehead atoms. The minimum atomic E-state index is -3.02. The lowest BCUT2D eigenvalue weighted by molar-refractivity contribution is 0.211. The van der Waals surface area contributed by atoms with E-state index in [1.807, 2.05) is 0 Å². The summed E-state index contributed by atoms with van der Waals surface area (Å²) in [5.74, 6) is 0.601. The molecule has 1 aliphatic carbocycles. The fourth-order valence-corrected chi connectivity index (χ4v) is 4.40. The number of piperidine rings is 1. The summed E-state index contributed by atoms with van der Waals surface area (Å²) in [4.78, 5) is 0. The third-order valence-electron chi connectivity index (χ3n) is 3.47. The van der Waals surface area contributed by atoms with Crippen LogP contribution in [0.4, 0.5) is 0 Å². The van der Waals surface area contributed by atoms with Crippen LogP contribution in [0.15, 0.2) is 0 Å². The van der Waals surface area contributed by atoms with E-state index in [1.165, 1.54) is 0 Å². The maximum atomic E-state index is 12.1. The largest absolute Gasteiger partial charge is 0.329 e. The molecular weight excluding hydrogens is 212 g/mol. The molecule has 2 aliphatic rings. The first-order valence-corrected chi connectivity index (χ1v) is 7.26. The monoisotopic (exact) mass is 232 g/mol. The molecule has 0 radical (unpaired) electrons. The molecule has 1 saturated heterocycles. The second-order valence-electron chi connectivity index (χ2n) is 4.87. The van der Waals surface area contributed by atoms with Gasteiger partial charge >= 0.3 is 0 Å². The lowest BCUT2D eigenvalue weighted by atomic mass is 9.94. The van der Waals surface area contributed by atoms with Crippen LogP contribution in [0.2, 0.25) is 0 Å². The molecule has 5 heteroatoms. The molecule has 2 atom stereocenters. The molecule has 4 nitrogen and oxygen atoms in total. The summed E-state index contributed by atoms with van der Waals surface area (Å²) in [7, 11) is -3.02. The van der Waals surface area contributed by atoms with Crippen molar-refractivity contribution < 1.29 is 8.42 Å². The maximum absolute atomic E-state index is 12.1. The smallest absolute Gasteiger partial charge is 0.217 e. The van der Waals surface area contributed by atoms with Crippen molar-refractivity contribution in [3.8, 4) is 0 Å². The Morgan fingerprint density at radius 3 is 2.53 bits per heavy atom. The SMILES string of the molecule is CC1CCN(S(=O)(=O)C2CC2)C(CN)C1. The summed E-state index contributed by atoms with van der Waals surface area (Å²) in [5.41, 5.74) is 5.67. The number of nitrogens with two attached hydrogens (primary N) is 1. The molecule has 15 heavy (non-hydrogen) atoms. The van der Waals surface area contributed by atoms with Crippen LogP contribution in [0.3, 0.4) is 0 Å². The fraction of sp³-hybridized carbons (Fsp3) is 1.00. The Bertz CT molecular complexity index is 324. The summed E-state index contributed by atoms with van der Waals surface area (Å²) < 4.78 is 25.9. The minimum Gasteiger partial charge on any atom is -0.329 e. The molecule has 1 heterocycles. The van der Waals surface area contributed by atoms with Crippen LogP contribution < -0.4 is 5.73 Å². The van der Waals surface area contributed by atoms with Crippen molar-refractivity contribution in [2.45, 2.75) is 43.9 Å². The van der Waals surface area contributed by atoms with Crippen LogP contribution >= 0.6 is 0 Å². The fourth-order valence-electron chi connectivity index (χ4n) is 2.34. The van der Waals surface area contributed by atoms with Gasteiger partial charge in [0.05, 0.1) is 5.25 Å². The molecule has 1 saturated carbocycles. The van der Waals surface area contributed by atoms with Crippen molar-refractivity contribution in [2.75, 3.05) is 13.1 Å². The van der Waals surface area contributed by atoms with Crippen LogP contribution in [0.1, 0.15) is 32.6 Å². The summed E-state index contributed by atoms with van der Waals surface area (Å²) >= 11 is 0. The van der Waals surface area contributed by atoms with Gasteiger partial charge in [0.2, 0.25) is 10.0 Å². The van der Waals surface area contributed by atoms with Gasteiger partial charge in [0.25, 0.3) is 0 Å². The van der Waals surface area contributed by atoms with Crippen LogP contribution in [0, 0.1) is 5.92 Å². The standard InChI is InChI=1S/C10H20N2O2S/c1-8-4-5-12(9(6-8)7-11)15(13,14)10-2-3-10/h8-10H,2-7,11H2,1H3. The van der Waals surface area contributed by atoms with E-state index in [9.17, 15) is 8.42 Å². The minimum absolute atomic E-state index is 0.0411. The van der Waals surface area contributed by atoms with Gasteiger partial charge in [0.1, 0.15) is 0 Å². The van der Waals surface area contributed by atoms with Crippen molar-refractivity contribution in [3.05, 3.63) is 0 Å². The highest BCUT2D eigenvalue weighted by Gasteiger charge is 2.43. The van der Waals surface area contributed by atoms with Gasteiger partial charge in [-0.3, -0.25) is 0 Å². The lowest BCUT2D eigenvalue weighted by Crippen LogP contribution is -2.50. The van der Waals surface area contributed by atoms with Crippen molar-refractivity contribution in [1.29, 1.82) is 0 Å². The molecule has 1 aliphatic heterocycles. The number of nitrogens with zero attached hydrogens (tertiary/aromatic N) is 1. The molecule has 0 amide bonds. The highest BCUT2D eigenvalue weighted by molar-refractivity contribution is 7.90. The van der Waals surface area contributed by atoms with Crippen LogP contribution in [-0.2, 0) is 10.0 Å². The topological polar surface area (TPSA) is 63.4 Å². The van der Waals surface area contributed by atoms with E-state index < -0.39 is 10.0 Å².